The maximum Gasteiger partial charge on any atom is 0.344 e. The van der Waals surface area contributed by atoms with Gasteiger partial charge in [0.15, 0.2) is 11.6 Å². The molecule has 9 heteroatoms. The van der Waals surface area contributed by atoms with Crippen LogP contribution >= 0.6 is 11.8 Å². The van der Waals surface area contributed by atoms with Gasteiger partial charge in [0.05, 0.1) is 19.7 Å². The number of methoxy groups -OCH3 is 2. The second-order valence-corrected chi connectivity index (χ2v) is 5.42. The Morgan fingerprint density at radius 2 is 2.08 bits per heavy atom. The molecule has 0 amide bonds. The second-order valence-electron chi connectivity index (χ2n) is 4.51. The lowest BCUT2D eigenvalue weighted by molar-refractivity contribution is 0.0518. The van der Waals surface area contributed by atoms with E-state index in [4.69, 9.17) is 14.2 Å². The minimum absolute atomic E-state index is 0.0598. The quantitative estimate of drug-likeness (QED) is 0.482. The number of carbonyl (C=O) groups excluding carboxylic acids is 1. The number of carbonyl (C=O) groups is 1. The molecule has 0 bridgehead atoms. The molecule has 0 aliphatic rings. The molecular formula is C15H15F2NO5S. The van der Waals surface area contributed by atoms with Crippen LogP contribution in [0, 0.1) is 11.6 Å². The molecule has 0 saturated carbocycles. The van der Waals surface area contributed by atoms with E-state index in [2.05, 4.69) is 4.98 Å². The summed E-state index contributed by atoms with van der Waals surface area (Å²) in [7, 11) is 2.59. The van der Waals surface area contributed by atoms with E-state index in [1.54, 1.807) is 6.92 Å². The topological polar surface area (TPSA) is 77.9 Å². The highest BCUT2D eigenvalue weighted by Crippen LogP contribution is 2.40. The standard InChI is InChI=1S/C15H15F2NO5S/c1-4-23-15(20)9-12(19)7-5-8(16)10(17)13(22-3)11(7)18-14(9)24-6-21-2/h5H,4,6H2,1-3H3,(H,18,19). The zero-order valence-corrected chi connectivity index (χ0v) is 14.0. The van der Waals surface area contributed by atoms with Gasteiger partial charge in [-0.2, -0.15) is 4.39 Å². The maximum absolute atomic E-state index is 13.9. The molecule has 0 atom stereocenters. The Bertz CT molecular complexity index is 785. The molecule has 1 heterocycles. The molecule has 6 nitrogen and oxygen atoms in total. The average molecular weight is 359 g/mol. The van der Waals surface area contributed by atoms with E-state index in [0.717, 1.165) is 24.9 Å². The second kappa shape index (κ2) is 7.63. The van der Waals surface area contributed by atoms with Crippen LogP contribution in [0.15, 0.2) is 11.1 Å². The highest BCUT2D eigenvalue weighted by Gasteiger charge is 2.26. The molecule has 0 radical (unpaired) electrons. The Kier molecular flexibility index (Phi) is 5.79. The Morgan fingerprint density at radius 1 is 1.38 bits per heavy atom. The smallest absolute Gasteiger partial charge is 0.344 e. The molecule has 0 unspecified atom stereocenters. The molecular weight excluding hydrogens is 344 g/mol. The van der Waals surface area contributed by atoms with Crippen LogP contribution in [0.1, 0.15) is 17.3 Å². The molecule has 130 valence electrons. The fourth-order valence-electron chi connectivity index (χ4n) is 2.07. The fourth-order valence-corrected chi connectivity index (χ4v) is 2.78. The first kappa shape index (κ1) is 18.2. The minimum atomic E-state index is -1.23. The van der Waals surface area contributed by atoms with Crippen molar-refractivity contribution < 1.29 is 32.9 Å². The van der Waals surface area contributed by atoms with E-state index >= 15 is 0 Å². The number of hydrogen-bond donors (Lipinski definition) is 1. The van der Waals surface area contributed by atoms with E-state index in [0.29, 0.717) is 0 Å². The van der Waals surface area contributed by atoms with Gasteiger partial charge < -0.3 is 19.3 Å². The predicted octanol–water partition coefficient (Wildman–Crippen LogP) is 3.10. The number of thioether (sulfide) groups is 1. The summed E-state index contributed by atoms with van der Waals surface area (Å²) < 4.78 is 42.3. The highest BCUT2D eigenvalue weighted by molar-refractivity contribution is 7.99. The van der Waals surface area contributed by atoms with Gasteiger partial charge in [-0.15, -0.1) is 0 Å². The number of ether oxygens (including phenoxy) is 3. The van der Waals surface area contributed by atoms with Crippen LogP contribution in [0.3, 0.4) is 0 Å². The molecule has 0 spiro atoms. The molecule has 1 aromatic carbocycles. The van der Waals surface area contributed by atoms with Crippen LogP contribution in [0.2, 0.25) is 0 Å². The first-order valence-electron chi connectivity index (χ1n) is 6.83. The van der Waals surface area contributed by atoms with Gasteiger partial charge in [-0.1, -0.05) is 11.8 Å². The van der Waals surface area contributed by atoms with E-state index < -0.39 is 29.1 Å². The molecule has 0 saturated heterocycles. The average Bonchev–Trinajstić information content (AvgIpc) is 2.55. The van der Waals surface area contributed by atoms with Crippen LogP contribution in [0.4, 0.5) is 8.78 Å². The van der Waals surface area contributed by atoms with E-state index in [1.807, 2.05) is 0 Å². The summed E-state index contributed by atoms with van der Waals surface area (Å²) in [6.07, 6.45) is 0. The maximum atomic E-state index is 13.9. The van der Waals surface area contributed by atoms with E-state index in [9.17, 15) is 18.7 Å². The van der Waals surface area contributed by atoms with Gasteiger partial charge in [0.25, 0.3) is 0 Å². The van der Waals surface area contributed by atoms with Crippen molar-refractivity contribution in [1.29, 1.82) is 0 Å². The van der Waals surface area contributed by atoms with Crippen molar-refractivity contribution >= 4 is 28.6 Å². The van der Waals surface area contributed by atoms with Gasteiger partial charge >= 0.3 is 5.97 Å². The SMILES string of the molecule is CCOC(=O)c1c(SCOC)nc2c(OC)c(F)c(F)cc2c1O. The molecule has 2 aromatic rings. The third-order valence-corrected chi connectivity index (χ3v) is 3.99. The van der Waals surface area contributed by atoms with Gasteiger partial charge in [0.2, 0.25) is 5.82 Å². The van der Waals surface area contributed by atoms with Crippen molar-refractivity contribution in [2.75, 3.05) is 26.8 Å². The first-order valence-corrected chi connectivity index (χ1v) is 7.82. The number of fused-ring (bicyclic) bond motifs is 1. The first-order chi connectivity index (χ1) is 11.5. The zero-order valence-electron chi connectivity index (χ0n) is 13.2. The van der Waals surface area contributed by atoms with Crippen LogP contribution in [-0.4, -0.2) is 42.8 Å². The van der Waals surface area contributed by atoms with Crippen molar-refractivity contribution in [3.05, 3.63) is 23.3 Å². The Labute approximate surface area is 140 Å². The predicted molar refractivity (Wildman–Crippen MR) is 83.6 cm³/mol. The number of halogens is 2. The lowest BCUT2D eigenvalue weighted by Gasteiger charge is -2.14. The number of hydrogen-bond acceptors (Lipinski definition) is 7. The van der Waals surface area contributed by atoms with Gasteiger partial charge in [-0.25, -0.2) is 14.2 Å². The van der Waals surface area contributed by atoms with Crippen LogP contribution in [0.5, 0.6) is 11.5 Å². The largest absolute Gasteiger partial charge is 0.506 e. The Hall–Kier alpha value is -2.13. The van der Waals surface area contributed by atoms with Gasteiger partial charge in [0, 0.05) is 12.5 Å². The molecule has 0 aliphatic carbocycles. The molecule has 24 heavy (non-hydrogen) atoms. The third kappa shape index (κ3) is 3.22. The van der Waals surface area contributed by atoms with Crippen molar-refractivity contribution in [3.8, 4) is 11.5 Å². The Morgan fingerprint density at radius 3 is 2.67 bits per heavy atom. The van der Waals surface area contributed by atoms with Gasteiger partial charge in [-0.05, 0) is 13.0 Å². The van der Waals surface area contributed by atoms with Crippen LogP contribution in [0.25, 0.3) is 10.9 Å². The van der Waals surface area contributed by atoms with Crippen LogP contribution < -0.4 is 4.74 Å². The molecule has 2 rings (SSSR count). The molecule has 1 N–H and O–H groups in total. The summed E-state index contributed by atoms with van der Waals surface area (Å²) in [6.45, 7) is 1.68. The fraction of sp³-hybridized carbons (Fsp3) is 0.333. The number of esters is 1. The van der Waals surface area contributed by atoms with E-state index in [1.165, 1.54) is 7.11 Å². The third-order valence-electron chi connectivity index (χ3n) is 3.07. The Balaban J connectivity index is 2.81. The van der Waals surface area contributed by atoms with Gasteiger partial charge in [0.1, 0.15) is 21.9 Å². The van der Waals surface area contributed by atoms with Crippen molar-refractivity contribution in [1.82, 2.24) is 4.98 Å². The lowest BCUT2D eigenvalue weighted by atomic mass is 10.1. The molecule has 0 aliphatic heterocycles. The summed E-state index contributed by atoms with van der Waals surface area (Å²) in [4.78, 5) is 16.3. The van der Waals surface area contributed by atoms with Crippen molar-refractivity contribution in [2.45, 2.75) is 11.9 Å². The normalized spacial score (nSPS) is 10.9. The lowest BCUT2D eigenvalue weighted by Crippen LogP contribution is -2.09. The minimum Gasteiger partial charge on any atom is -0.506 e. The molecule has 0 fully saturated rings. The number of rotatable bonds is 6. The summed E-state index contributed by atoms with van der Waals surface area (Å²) in [5.41, 5.74) is -0.347. The highest BCUT2D eigenvalue weighted by atomic mass is 32.2. The van der Waals surface area contributed by atoms with Gasteiger partial charge in [-0.3, -0.25) is 0 Å². The van der Waals surface area contributed by atoms with Crippen LogP contribution in [-0.2, 0) is 9.47 Å². The monoisotopic (exact) mass is 359 g/mol. The van der Waals surface area contributed by atoms with Crippen molar-refractivity contribution in [2.24, 2.45) is 0 Å². The number of aromatic nitrogens is 1. The summed E-state index contributed by atoms with van der Waals surface area (Å²) in [6, 6.07) is 0.753. The summed E-state index contributed by atoms with van der Waals surface area (Å²) in [5.74, 6) is -4.20. The summed E-state index contributed by atoms with van der Waals surface area (Å²) >= 11 is 0.994. The summed E-state index contributed by atoms with van der Waals surface area (Å²) in [5, 5.41) is 10.3. The number of benzene rings is 1. The number of pyridine rings is 1. The molecule has 1 aromatic heterocycles. The van der Waals surface area contributed by atoms with Crippen molar-refractivity contribution in [3.63, 3.8) is 0 Å². The number of nitrogens with zero attached hydrogens (tertiary/aromatic N) is 1. The zero-order chi connectivity index (χ0) is 17.9. The van der Waals surface area contributed by atoms with E-state index in [-0.39, 0.29) is 34.0 Å². The number of aromatic hydroxyl groups is 1.